The first kappa shape index (κ1) is 12.4. The molecule has 0 saturated heterocycles. The number of aryl methyl sites for hydroxylation is 1. The molecule has 0 aliphatic heterocycles. The van der Waals surface area contributed by atoms with Gasteiger partial charge in [-0.25, -0.2) is 0 Å². The Hall–Kier alpha value is -1.08. The maximum absolute atomic E-state index is 3.59. The van der Waals surface area contributed by atoms with Gasteiger partial charge < -0.3 is 5.32 Å². The summed E-state index contributed by atoms with van der Waals surface area (Å²) in [6.07, 6.45) is 9.67. The molecule has 0 heterocycles. The van der Waals surface area contributed by atoms with Crippen LogP contribution in [0.1, 0.15) is 30.4 Å². The van der Waals surface area contributed by atoms with E-state index in [0.29, 0.717) is 0 Å². The molecule has 1 unspecified atom stereocenters. The maximum atomic E-state index is 3.59. The first-order valence-electron chi connectivity index (χ1n) is 6.76. The zero-order valence-electron chi connectivity index (χ0n) is 10.8. The zero-order valence-corrected chi connectivity index (χ0v) is 10.8. The lowest BCUT2D eigenvalue weighted by atomic mass is 9.94. The molecule has 0 saturated carbocycles. The Morgan fingerprint density at radius 1 is 1.29 bits per heavy atom. The Balaban J connectivity index is 1.64. The van der Waals surface area contributed by atoms with E-state index in [2.05, 4.69) is 48.7 Å². The van der Waals surface area contributed by atoms with Crippen LogP contribution in [0.3, 0.4) is 0 Å². The summed E-state index contributed by atoms with van der Waals surface area (Å²) in [7, 11) is 0. The van der Waals surface area contributed by atoms with Crippen LogP contribution in [0.25, 0.3) is 0 Å². The van der Waals surface area contributed by atoms with Crippen LogP contribution in [0.15, 0.2) is 36.4 Å². The molecule has 17 heavy (non-hydrogen) atoms. The third-order valence-electron chi connectivity index (χ3n) is 3.48. The molecule has 1 aromatic rings. The highest BCUT2D eigenvalue weighted by atomic mass is 14.9. The minimum atomic E-state index is 0.859. The Bertz CT molecular complexity index is 368. The number of hydrogen-bond donors (Lipinski definition) is 1. The van der Waals surface area contributed by atoms with E-state index >= 15 is 0 Å². The van der Waals surface area contributed by atoms with Crippen molar-refractivity contribution >= 4 is 0 Å². The summed E-state index contributed by atoms with van der Waals surface area (Å²) in [5.41, 5.74) is 2.81. The van der Waals surface area contributed by atoms with Crippen molar-refractivity contribution in [2.45, 2.75) is 32.6 Å². The smallest absolute Gasteiger partial charge is 0.000823 e. The van der Waals surface area contributed by atoms with Crippen molar-refractivity contribution in [3.8, 4) is 0 Å². The Labute approximate surface area is 105 Å². The molecule has 0 fully saturated rings. The second-order valence-corrected chi connectivity index (χ2v) is 5.09. The van der Waals surface area contributed by atoms with Gasteiger partial charge in [-0.05, 0) is 57.2 Å². The van der Waals surface area contributed by atoms with E-state index in [0.717, 1.165) is 18.9 Å². The summed E-state index contributed by atoms with van der Waals surface area (Å²) in [5.74, 6) is 0.859. The third-order valence-corrected chi connectivity index (χ3v) is 3.48. The van der Waals surface area contributed by atoms with Gasteiger partial charge in [0.25, 0.3) is 0 Å². The summed E-state index contributed by atoms with van der Waals surface area (Å²) in [6.45, 7) is 4.44. The van der Waals surface area contributed by atoms with Gasteiger partial charge in [-0.3, -0.25) is 0 Å². The molecule has 1 aliphatic rings. The van der Waals surface area contributed by atoms with Crippen LogP contribution in [-0.4, -0.2) is 13.1 Å². The molecule has 0 bridgehead atoms. The van der Waals surface area contributed by atoms with Gasteiger partial charge >= 0.3 is 0 Å². The van der Waals surface area contributed by atoms with Gasteiger partial charge in [-0.1, -0.05) is 42.0 Å². The standard InChI is InChI=1S/C16H23N/c1-14-6-5-9-15(12-14)10-11-17-13-16-7-3-2-4-8-16/h2-3,5-6,9,12,16-17H,4,7-8,10-11,13H2,1H3. The van der Waals surface area contributed by atoms with Gasteiger partial charge in [0.15, 0.2) is 0 Å². The van der Waals surface area contributed by atoms with Gasteiger partial charge in [-0.2, -0.15) is 0 Å². The molecule has 0 amide bonds. The van der Waals surface area contributed by atoms with Gasteiger partial charge in [0, 0.05) is 0 Å². The van der Waals surface area contributed by atoms with E-state index in [4.69, 9.17) is 0 Å². The van der Waals surface area contributed by atoms with Crippen molar-refractivity contribution in [3.05, 3.63) is 47.5 Å². The number of rotatable bonds is 5. The first-order valence-corrected chi connectivity index (χ1v) is 6.76. The lowest BCUT2D eigenvalue weighted by Gasteiger charge is -2.18. The van der Waals surface area contributed by atoms with E-state index in [9.17, 15) is 0 Å². The van der Waals surface area contributed by atoms with Crippen LogP contribution in [0.5, 0.6) is 0 Å². The summed E-state index contributed by atoms with van der Waals surface area (Å²) >= 11 is 0. The molecular formula is C16H23N. The first-order chi connectivity index (χ1) is 8.34. The van der Waals surface area contributed by atoms with E-state index in [1.54, 1.807) is 0 Å². The molecule has 1 aliphatic carbocycles. The highest BCUT2D eigenvalue weighted by Gasteiger charge is 2.08. The normalized spacial score (nSPS) is 19.5. The van der Waals surface area contributed by atoms with Crippen molar-refractivity contribution in [1.29, 1.82) is 0 Å². The lowest BCUT2D eigenvalue weighted by Crippen LogP contribution is -2.25. The SMILES string of the molecule is Cc1cccc(CCNCC2CC=CCC2)c1. The van der Waals surface area contributed by atoms with E-state index in [1.807, 2.05) is 0 Å². The molecule has 1 aromatic carbocycles. The van der Waals surface area contributed by atoms with Crippen LogP contribution < -0.4 is 5.32 Å². The average Bonchev–Trinajstić information content (AvgIpc) is 2.36. The van der Waals surface area contributed by atoms with Crippen LogP contribution in [-0.2, 0) is 6.42 Å². The fourth-order valence-corrected chi connectivity index (χ4v) is 2.45. The third kappa shape index (κ3) is 4.35. The Morgan fingerprint density at radius 2 is 2.24 bits per heavy atom. The number of allylic oxidation sites excluding steroid dienone is 2. The molecule has 1 nitrogen and oxygen atoms in total. The van der Waals surface area contributed by atoms with Crippen LogP contribution in [0, 0.1) is 12.8 Å². The molecule has 1 heteroatoms. The quantitative estimate of drug-likeness (QED) is 0.602. The van der Waals surface area contributed by atoms with Gasteiger partial charge in [0.05, 0.1) is 0 Å². The Kier molecular flexibility index (Phi) is 4.81. The second-order valence-electron chi connectivity index (χ2n) is 5.09. The minimum absolute atomic E-state index is 0.859. The maximum Gasteiger partial charge on any atom is -0.000823 e. The monoisotopic (exact) mass is 229 g/mol. The predicted octanol–water partition coefficient (Wildman–Crippen LogP) is 3.48. The van der Waals surface area contributed by atoms with Crippen LogP contribution >= 0.6 is 0 Å². The second kappa shape index (κ2) is 6.61. The minimum Gasteiger partial charge on any atom is -0.316 e. The lowest BCUT2D eigenvalue weighted by molar-refractivity contribution is 0.442. The zero-order chi connectivity index (χ0) is 11.9. The average molecular weight is 229 g/mol. The highest BCUT2D eigenvalue weighted by Crippen LogP contribution is 2.16. The van der Waals surface area contributed by atoms with Crippen molar-refractivity contribution in [3.63, 3.8) is 0 Å². The molecule has 0 radical (unpaired) electrons. The number of hydrogen-bond acceptors (Lipinski definition) is 1. The van der Waals surface area contributed by atoms with Gasteiger partial charge in [0.2, 0.25) is 0 Å². The number of benzene rings is 1. The number of nitrogens with one attached hydrogen (secondary N) is 1. The van der Waals surface area contributed by atoms with Crippen LogP contribution in [0.4, 0.5) is 0 Å². The summed E-state index contributed by atoms with van der Waals surface area (Å²) < 4.78 is 0. The molecule has 92 valence electrons. The fraction of sp³-hybridized carbons (Fsp3) is 0.500. The molecule has 0 spiro atoms. The fourth-order valence-electron chi connectivity index (χ4n) is 2.45. The molecular weight excluding hydrogens is 206 g/mol. The topological polar surface area (TPSA) is 12.0 Å². The van der Waals surface area contributed by atoms with Crippen molar-refractivity contribution in [1.82, 2.24) is 5.32 Å². The van der Waals surface area contributed by atoms with Crippen molar-refractivity contribution in [2.75, 3.05) is 13.1 Å². The summed E-state index contributed by atoms with van der Waals surface area (Å²) in [6, 6.07) is 8.81. The summed E-state index contributed by atoms with van der Waals surface area (Å²) in [5, 5.41) is 3.59. The molecule has 2 rings (SSSR count). The van der Waals surface area contributed by atoms with Crippen LogP contribution in [0.2, 0.25) is 0 Å². The van der Waals surface area contributed by atoms with E-state index in [-0.39, 0.29) is 0 Å². The van der Waals surface area contributed by atoms with Gasteiger partial charge in [-0.15, -0.1) is 0 Å². The molecule has 0 aromatic heterocycles. The largest absolute Gasteiger partial charge is 0.316 e. The van der Waals surface area contributed by atoms with E-state index in [1.165, 1.54) is 36.9 Å². The van der Waals surface area contributed by atoms with Crippen molar-refractivity contribution in [2.24, 2.45) is 5.92 Å². The summed E-state index contributed by atoms with van der Waals surface area (Å²) in [4.78, 5) is 0. The molecule has 1 atom stereocenters. The van der Waals surface area contributed by atoms with Gasteiger partial charge in [0.1, 0.15) is 0 Å². The van der Waals surface area contributed by atoms with E-state index < -0.39 is 0 Å². The highest BCUT2D eigenvalue weighted by molar-refractivity contribution is 5.22. The predicted molar refractivity (Wildman–Crippen MR) is 74.2 cm³/mol. The molecule has 1 N–H and O–H groups in total. The van der Waals surface area contributed by atoms with Crippen molar-refractivity contribution < 1.29 is 0 Å². The Morgan fingerprint density at radius 3 is 3.00 bits per heavy atom.